The predicted octanol–water partition coefficient (Wildman–Crippen LogP) is 2.39. The van der Waals surface area contributed by atoms with Crippen LogP contribution < -0.4 is 0 Å². The summed E-state index contributed by atoms with van der Waals surface area (Å²) in [4.78, 5) is 21.4. The standard InChI is InChI=1S/C23H32N4O3S/c1-3-27(4-2)31(29,30)22-10-7-20(8-11-22)9-12-23(28)26-16-14-25(15-17-26)19-21-6-5-13-24-18-21/h5-8,10-11,13,18H,3-4,9,12,14-17,19H2,1-2H3. The zero-order valence-corrected chi connectivity index (χ0v) is 19.2. The summed E-state index contributed by atoms with van der Waals surface area (Å²) in [6, 6.07) is 10.9. The van der Waals surface area contributed by atoms with Crippen LogP contribution in [0.15, 0.2) is 53.7 Å². The molecule has 2 heterocycles. The van der Waals surface area contributed by atoms with Crippen molar-refractivity contribution in [3.05, 3.63) is 59.9 Å². The first-order valence-electron chi connectivity index (χ1n) is 10.9. The number of sulfonamides is 1. The Labute approximate surface area is 185 Å². The first-order chi connectivity index (χ1) is 14.9. The molecule has 1 aromatic carbocycles. The number of nitrogens with zero attached hydrogens (tertiary/aromatic N) is 4. The molecule has 1 aromatic heterocycles. The van der Waals surface area contributed by atoms with E-state index < -0.39 is 10.0 Å². The van der Waals surface area contributed by atoms with Gasteiger partial charge in [-0.2, -0.15) is 4.31 Å². The molecule has 3 rings (SSSR count). The summed E-state index contributed by atoms with van der Waals surface area (Å²) in [5.74, 6) is 0.154. The number of amides is 1. The van der Waals surface area contributed by atoms with Crippen LogP contribution in [0, 0.1) is 0 Å². The van der Waals surface area contributed by atoms with E-state index >= 15 is 0 Å². The second kappa shape index (κ2) is 10.8. The van der Waals surface area contributed by atoms with E-state index in [9.17, 15) is 13.2 Å². The molecule has 0 aliphatic carbocycles. The Kier molecular flexibility index (Phi) is 8.17. The lowest BCUT2D eigenvalue weighted by atomic mass is 10.1. The number of rotatable bonds is 9. The van der Waals surface area contributed by atoms with Gasteiger partial charge in [-0.1, -0.05) is 32.0 Å². The van der Waals surface area contributed by atoms with Crippen molar-refractivity contribution < 1.29 is 13.2 Å². The van der Waals surface area contributed by atoms with Gasteiger partial charge in [0.05, 0.1) is 4.90 Å². The van der Waals surface area contributed by atoms with E-state index in [4.69, 9.17) is 0 Å². The molecule has 1 aliphatic rings. The zero-order valence-electron chi connectivity index (χ0n) is 18.4. The summed E-state index contributed by atoms with van der Waals surface area (Å²) >= 11 is 0. The maximum atomic E-state index is 12.6. The average molecular weight is 445 g/mol. The van der Waals surface area contributed by atoms with Crippen LogP contribution >= 0.6 is 0 Å². The summed E-state index contributed by atoms with van der Waals surface area (Å²) in [5.41, 5.74) is 2.16. The molecule has 0 N–H and O–H groups in total. The number of aryl methyl sites for hydroxylation is 1. The highest BCUT2D eigenvalue weighted by Crippen LogP contribution is 2.17. The molecular formula is C23H32N4O3S. The van der Waals surface area contributed by atoms with Crippen molar-refractivity contribution in [2.45, 2.75) is 38.1 Å². The Balaban J connectivity index is 1.47. The number of aromatic nitrogens is 1. The van der Waals surface area contributed by atoms with Crippen LogP contribution in [0.2, 0.25) is 0 Å². The number of carbonyl (C=O) groups is 1. The van der Waals surface area contributed by atoms with Crippen LogP contribution in [0.4, 0.5) is 0 Å². The van der Waals surface area contributed by atoms with Gasteiger partial charge in [0.25, 0.3) is 0 Å². The van der Waals surface area contributed by atoms with E-state index in [1.165, 1.54) is 9.87 Å². The van der Waals surface area contributed by atoms with Gasteiger partial charge >= 0.3 is 0 Å². The number of benzene rings is 1. The van der Waals surface area contributed by atoms with Crippen LogP contribution in [0.3, 0.4) is 0 Å². The Morgan fingerprint density at radius 3 is 2.26 bits per heavy atom. The fourth-order valence-electron chi connectivity index (χ4n) is 3.86. The first kappa shape index (κ1) is 23.4. The summed E-state index contributed by atoms with van der Waals surface area (Å²) < 4.78 is 26.6. The summed E-state index contributed by atoms with van der Waals surface area (Å²) in [7, 11) is -3.44. The van der Waals surface area contributed by atoms with Gasteiger partial charge in [0, 0.05) is 64.6 Å². The van der Waals surface area contributed by atoms with Crippen LogP contribution in [0.25, 0.3) is 0 Å². The molecule has 0 bridgehead atoms. The fourth-order valence-corrected chi connectivity index (χ4v) is 5.31. The second-order valence-electron chi connectivity index (χ2n) is 7.75. The minimum atomic E-state index is -3.44. The largest absolute Gasteiger partial charge is 0.340 e. The van der Waals surface area contributed by atoms with Crippen molar-refractivity contribution in [1.29, 1.82) is 0 Å². The van der Waals surface area contributed by atoms with Crippen molar-refractivity contribution in [3.63, 3.8) is 0 Å². The van der Waals surface area contributed by atoms with Gasteiger partial charge in [-0.25, -0.2) is 8.42 Å². The maximum absolute atomic E-state index is 12.6. The number of hydrogen-bond donors (Lipinski definition) is 0. The molecule has 0 saturated carbocycles. The van der Waals surface area contributed by atoms with Gasteiger partial charge in [-0.05, 0) is 35.7 Å². The van der Waals surface area contributed by atoms with Gasteiger partial charge in [-0.3, -0.25) is 14.7 Å². The molecule has 0 spiro atoms. The minimum absolute atomic E-state index is 0.154. The molecular weight excluding hydrogens is 412 g/mol. The SMILES string of the molecule is CCN(CC)S(=O)(=O)c1ccc(CCC(=O)N2CCN(Cc3cccnc3)CC2)cc1. The van der Waals surface area contributed by atoms with E-state index in [1.807, 2.05) is 43.1 Å². The van der Waals surface area contributed by atoms with Crippen LogP contribution in [0.1, 0.15) is 31.4 Å². The molecule has 0 atom stereocenters. The summed E-state index contributed by atoms with van der Waals surface area (Å²) in [6.07, 6.45) is 4.71. The van der Waals surface area contributed by atoms with Crippen molar-refractivity contribution in [3.8, 4) is 0 Å². The normalized spacial score (nSPS) is 15.4. The maximum Gasteiger partial charge on any atom is 0.243 e. The molecule has 7 nitrogen and oxygen atoms in total. The van der Waals surface area contributed by atoms with Crippen LogP contribution in [-0.4, -0.2) is 72.7 Å². The molecule has 168 valence electrons. The van der Waals surface area contributed by atoms with Gasteiger partial charge in [0.2, 0.25) is 15.9 Å². The van der Waals surface area contributed by atoms with Crippen LogP contribution in [0.5, 0.6) is 0 Å². The Morgan fingerprint density at radius 1 is 1.00 bits per heavy atom. The molecule has 1 aliphatic heterocycles. The highest BCUT2D eigenvalue weighted by atomic mass is 32.2. The van der Waals surface area contributed by atoms with E-state index in [0.29, 0.717) is 30.8 Å². The van der Waals surface area contributed by atoms with Gasteiger partial charge in [-0.15, -0.1) is 0 Å². The molecule has 1 fully saturated rings. The molecule has 0 radical (unpaired) electrons. The first-order valence-corrected chi connectivity index (χ1v) is 12.4. The van der Waals surface area contributed by atoms with Crippen molar-refractivity contribution in [2.75, 3.05) is 39.3 Å². The topological polar surface area (TPSA) is 73.8 Å². The Bertz CT molecular complexity index is 937. The van der Waals surface area contributed by atoms with E-state index in [-0.39, 0.29) is 5.91 Å². The van der Waals surface area contributed by atoms with E-state index in [0.717, 1.165) is 38.3 Å². The quantitative estimate of drug-likeness (QED) is 0.594. The molecule has 31 heavy (non-hydrogen) atoms. The number of carbonyl (C=O) groups excluding carboxylic acids is 1. The van der Waals surface area contributed by atoms with Crippen LogP contribution in [-0.2, 0) is 27.8 Å². The van der Waals surface area contributed by atoms with Crippen molar-refractivity contribution in [1.82, 2.24) is 19.1 Å². The van der Waals surface area contributed by atoms with Gasteiger partial charge in [0.1, 0.15) is 0 Å². The number of piperazine rings is 1. The van der Waals surface area contributed by atoms with Crippen molar-refractivity contribution in [2.24, 2.45) is 0 Å². The third-order valence-corrected chi connectivity index (χ3v) is 7.81. The molecule has 8 heteroatoms. The van der Waals surface area contributed by atoms with E-state index in [2.05, 4.69) is 16.0 Å². The highest BCUT2D eigenvalue weighted by molar-refractivity contribution is 7.89. The Morgan fingerprint density at radius 2 is 1.68 bits per heavy atom. The summed E-state index contributed by atoms with van der Waals surface area (Å²) in [5, 5.41) is 0. The second-order valence-corrected chi connectivity index (χ2v) is 9.69. The van der Waals surface area contributed by atoms with Gasteiger partial charge in [0.15, 0.2) is 0 Å². The molecule has 2 aromatic rings. The van der Waals surface area contributed by atoms with E-state index in [1.54, 1.807) is 18.3 Å². The smallest absolute Gasteiger partial charge is 0.243 e. The average Bonchev–Trinajstić information content (AvgIpc) is 2.79. The molecule has 1 amide bonds. The lowest BCUT2D eigenvalue weighted by Crippen LogP contribution is -2.48. The lowest BCUT2D eigenvalue weighted by Gasteiger charge is -2.34. The summed E-state index contributed by atoms with van der Waals surface area (Å²) in [6.45, 7) is 8.62. The van der Waals surface area contributed by atoms with Crippen molar-refractivity contribution >= 4 is 15.9 Å². The molecule has 1 saturated heterocycles. The number of pyridine rings is 1. The zero-order chi connectivity index (χ0) is 22.3. The third-order valence-electron chi connectivity index (χ3n) is 5.75. The number of hydrogen-bond acceptors (Lipinski definition) is 5. The monoisotopic (exact) mass is 444 g/mol. The fraction of sp³-hybridized carbons (Fsp3) is 0.478. The lowest BCUT2D eigenvalue weighted by molar-refractivity contribution is -0.133. The third kappa shape index (κ3) is 6.12. The Hall–Kier alpha value is -2.29. The predicted molar refractivity (Wildman–Crippen MR) is 121 cm³/mol. The highest BCUT2D eigenvalue weighted by Gasteiger charge is 2.22. The molecule has 0 unspecified atom stereocenters. The van der Waals surface area contributed by atoms with Gasteiger partial charge < -0.3 is 4.90 Å². The minimum Gasteiger partial charge on any atom is -0.340 e.